The molecule has 1 aliphatic heterocycles. The molecule has 1 saturated heterocycles. The lowest BCUT2D eigenvalue weighted by Gasteiger charge is -2.36. The summed E-state index contributed by atoms with van der Waals surface area (Å²) >= 11 is 0. The molecule has 28 heavy (non-hydrogen) atoms. The number of ether oxygens (including phenoxy) is 2. The van der Waals surface area contributed by atoms with Crippen LogP contribution in [0.5, 0.6) is 11.5 Å². The average molecular weight is 380 g/mol. The number of hydrogen-bond donors (Lipinski definition) is 0. The molecule has 0 saturated carbocycles. The van der Waals surface area contributed by atoms with E-state index in [9.17, 15) is 0 Å². The van der Waals surface area contributed by atoms with Gasteiger partial charge in [0.25, 0.3) is 0 Å². The molecule has 148 valence electrons. The molecule has 6 nitrogen and oxygen atoms in total. The summed E-state index contributed by atoms with van der Waals surface area (Å²) in [7, 11) is 1.74. The lowest BCUT2D eigenvalue weighted by atomic mass is 10.2. The second kappa shape index (κ2) is 8.97. The van der Waals surface area contributed by atoms with Crippen LogP contribution in [0, 0.1) is 0 Å². The summed E-state index contributed by atoms with van der Waals surface area (Å²) in [5.74, 6) is 1.82. The highest BCUT2D eigenvalue weighted by molar-refractivity contribution is 5.58. The predicted molar refractivity (Wildman–Crippen MR) is 112 cm³/mol. The number of piperazine rings is 1. The second-order valence-electron chi connectivity index (χ2n) is 7.09. The van der Waals surface area contributed by atoms with Crippen molar-refractivity contribution < 1.29 is 9.47 Å². The number of anilines is 1. The van der Waals surface area contributed by atoms with Crippen LogP contribution < -0.4 is 14.4 Å². The Bertz CT molecular complexity index is 887. The fraction of sp³-hybridized carbons (Fsp3) is 0.409. The molecule has 3 aromatic rings. The Morgan fingerprint density at radius 3 is 2.61 bits per heavy atom. The molecule has 0 bridgehead atoms. The molecule has 0 aliphatic carbocycles. The Morgan fingerprint density at radius 1 is 0.929 bits per heavy atom. The van der Waals surface area contributed by atoms with E-state index in [-0.39, 0.29) is 0 Å². The van der Waals surface area contributed by atoms with Crippen molar-refractivity contribution in [3.05, 3.63) is 55.0 Å². The first-order valence-electron chi connectivity index (χ1n) is 10.00. The van der Waals surface area contributed by atoms with Crippen molar-refractivity contribution in [1.82, 2.24) is 14.3 Å². The third kappa shape index (κ3) is 4.22. The number of methoxy groups -OCH3 is 1. The minimum atomic E-state index is 0.730. The van der Waals surface area contributed by atoms with Gasteiger partial charge in [0.15, 0.2) is 11.4 Å². The monoisotopic (exact) mass is 380 g/mol. The maximum atomic E-state index is 5.94. The Labute approximate surface area is 166 Å². The summed E-state index contributed by atoms with van der Waals surface area (Å²) in [6, 6.07) is 12.3. The van der Waals surface area contributed by atoms with Crippen LogP contribution in [0.1, 0.15) is 12.8 Å². The van der Waals surface area contributed by atoms with Gasteiger partial charge in [-0.05, 0) is 43.7 Å². The van der Waals surface area contributed by atoms with Crippen molar-refractivity contribution in [3.8, 4) is 11.5 Å². The van der Waals surface area contributed by atoms with Crippen LogP contribution in [-0.4, -0.2) is 60.7 Å². The Hall–Kier alpha value is -2.73. The van der Waals surface area contributed by atoms with E-state index in [4.69, 9.17) is 9.47 Å². The van der Waals surface area contributed by atoms with Crippen LogP contribution >= 0.6 is 0 Å². The van der Waals surface area contributed by atoms with Crippen molar-refractivity contribution >= 4 is 11.3 Å². The fourth-order valence-electron chi connectivity index (χ4n) is 3.76. The van der Waals surface area contributed by atoms with Gasteiger partial charge in [0, 0.05) is 44.8 Å². The highest BCUT2D eigenvalue weighted by atomic mass is 16.5. The van der Waals surface area contributed by atoms with Gasteiger partial charge in [0.05, 0.1) is 19.4 Å². The van der Waals surface area contributed by atoms with Gasteiger partial charge in [0.2, 0.25) is 0 Å². The van der Waals surface area contributed by atoms with Gasteiger partial charge in [0.1, 0.15) is 5.75 Å². The van der Waals surface area contributed by atoms with Gasteiger partial charge in [-0.25, -0.2) is 4.98 Å². The second-order valence-corrected chi connectivity index (χ2v) is 7.09. The van der Waals surface area contributed by atoms with Crippen molar-refractivity contribution in [2.24, 2.45) is 0 Å². The maximum absolute atomic E-state index is 5.94. The van der Waals surface area contributed by atoms with Crippen LogP contribution in [0.25, 0.3) is 5.65 Å². The van der Waals surface area contributed by atoms with Gasteiger partial charge < -0.3 is 18.8 Å². The number of hydrogen-bond acceptors (Lipinski definition) is 5. The molecular formula is C22H28N4O2. The van der Waals surface area contributed by atoms with E-state index in [0.29, 0.717) is 0 Å². The smallest absolute Gasteiger partial charge is 0.179 e. The zero-order valence-electron chi connectivity index (χ0n) is 16.5. The van der Waals surface area contributed by atoms with Crippen LogP contribution in [0.3, 0.4) is 0 Å². The highest BCUT2D eigenvalue weighted by Crippen LogP contribution is 2.28. The SMILES string of the molecule is COc1ccccc1N1CCN(CCCCOc2cccn3ccnc23)CC1. The topological polar surface area (TPSA) is 42.2 Å². The molecule has 2 aromatic heterocycles. The first-order chi connectivity index (χ1) is 13.8. The van der Waals surface area contributed by atoms with Crippen molar-refractivity contribution in [2.45, 2.75) is 12.8 Å². The molecule has 0 amide bonds. The molecule has 0 spiro atoms. The lowest BCUT2D eigenvalue weighted by Crippen LogP contribution is -2.46. The normalized spacial score (nSPS) is 15.1. The summed E-state index contributed by atoms with van der Waals surface area (Å²) < 4.78 is 13.4. The van der Waals surface area contributed by atoms with Crippen molar-refractivity contribution in [1.29, 1.82) is 0 Å². The number of imidazole rings is 1. The van der Waals surface area contributed by atoms with E-state index >= 15 is 0 Å². The number of benzene rings is 1. The van der Waals surface area contributed by atoms with E-state index in [1.165, 1.54) is 5.69 Å². The number of para-hydroxylation sites is 2. The zero-order chi connectivity index (χ0) is 19.2. The Balaban J connectivity index is 1.17. The molecular weight excluding hydrogens is 352 g/mol. The summed E-state index contributed by atoms with van der Waals surface area (Å²) in [5, 5.41) is 0. The summed E-state index contributed by atoms with van der Waals surface area (Å²) in [5.41, 5.74) is 2.08. The average Bonchev–Trinajstić information content (AvgIpc) is 3.24. The van der Waals surface area contributed by atoms with Crippen LogP contribution in [0.4, 0.5) is 5.69 Å². The molecule has 4 rings (SSSR count). The molecule has 0 radical (unpaired) electrons. The molecule has 0 N–H and O–H groups in total. The van der Waals surface area contributed by atoms with E-state index in [2.05, 4.69) is 26.9 Å². The van der Waals surface area contributed by atoms with Crippen LogP contribution in [-0.2, 0) is 0 Å². The largest absolute Gasteiger partial charge is 0.495 e. The van der Waals surface area contributed by atoms with E-state index in [1.54, 1.807) is 13.3 Å². The fourth-order valence-corrected chi connectivity index (χ4v) is 3.76. The first kappa shape index (κ1) is 18.6. The lowest BCUT2D eigenvalue weighted by molar-refractivity contribution is 0.238. The van der Waals surface area contributed by atoms with E-state index < -0.39 is 0 Å². The predicted octanol–water partition coefficient (Wildman–Crippen LogP) is 3.32. The molecule has 3 heterocycles. The number of unbranched alkanes of at least 4 members (excludes halogenated alkanes) is 1. The van der Waals surface area contributed by atoms with Gasteiger partial charge >= 0.3 is 0 Å². The molecule has 0 unspecified atom stereocenters. The maximum Gasteiger partial charge on any atom is 0.179 e. The summed E-state index contributed by atoms with van der Waals surface area (Å²) in [6.45, 7) is 6.11. The Kier molecular flexibility index (Phi) is 5.97. The zero-order valence-corrected chi connectivity index (χ0v) is 16.5. The standard InChI is InChI=1S/C22H28N4O2/c1-27-20-8-3-2-7-19(20)25-16-14-24(15-17-25)11-4-5-18-28-21-9-6-12-26-13-10-23-22(21)26/h2-3,6-10,12-13H,4-5,11,14-18H2,1H3. The number of pyridine rings is 1. The summed E-state index contributed by atoms with van der Waals surface area (Å²) in [6.07, 6.45) is 7.92. The van der Waals surface area contributed by atoms with Gasteiger partial charge in [-0.3, -0.25) is 4.90 Å². The molecule has 6 heteroatoms. The number of rotatable bonds is 8. The van der Waals surface area contributed by atoms with Crippen LogP contribution in [0.2, 0.25) is 0 Å². The number of aromatic nitrogens is 2. The van der Waals surface area contributed by atoms with Gasteiger partial charge in [-0.2, -0.15) is 0 Å². The van der Waals surface area contributed by atoms with Crippen LogP contribution in [0.15, 0.2) is 55.0 Å². The Morgan fingerprint density at radius 2 is 1.75 bits per heavy atom. The number of fused-ring (bicyclic) bond motifs is 1. The summed E-state index contributed by atoms with van der Waals surface area (Å²) in [4.78, 5) is 9.31. The number of nitrogens with zero attached hydrogens (tertiary/aromatic N) is 4. The first-order valence-corrected chi connectivity index (χ1v) is 10.00. The quantitative estimate of drug-likeness (QED) is 0.561. The minimum absolute atomic E-state index is 0.730. The van der Waals surface area contributed by atoms with Gasteiger partial charge in [-0.1, -0.05) is 12.1 Å². The molecule has 1 aliphatic rings. The highest BCUT2D eigenvalue weighted by Gasteiger charge is 2.19. The molecule has 1 aromatic carbocycles. The molecule has 0 atom stereocenters. The third-order valence-electron chi connectivity index (χ3n) is 5.31. The van der Waals surface area contributed by atoms with E-state index in [0.717, 1.165) is 69.3 Å². The van der Waals surface area contributed by atoms with Crippen molar-refractivity contribution in [3.63, 3.8) is 0 Å². The van der Waals surface area contributed by atoms with Crippen molar-refractivity contribution in [2.75, 3.05) is 51.3 Å². The minimum Gasteiger partial charge on any atom is -0.495 e. The van der Waals surface area contributed by atoms with Gasteiger partial charge in [-0.15, -0.1) is 0 Å². The third-order valence-corrected chi connectivity index (χ3v) is 5.31. The van der Waals surface area contributed by atoms with E-state index in [1.807, 2.05) is 41.1 Å². The molecule has 1 fully saturated rings.